The minimum absolute atomic E-state index is 0.135. The number of aryl methyl sites for hydroxylation is 1. The standard InChI is InChI=1S/C26H29N3O8S/c1-16-2-4-18(5-3-16)38(33,34)37-17-10-12-29(13-11-17)21-8-6-19(23-24(21)36-15-14-35-23)25(31)27-20-7-9-22(30)28-26(20)32/h2-6,8,17,20H,7,9-15H2,1H3,(H,27,31)(H,28,30,32). The van der Waals surface area contributed by atoms with Crippen molar-refractivity contribution in [2.75, 3.05) is 31.2 Å². The summed E-state index contributed by atoms with van der Waals surface area (Å²) in [5.41, 5.74) is 1.93. The molecular weight excluding hydrogens is 514 g/mol. The fourth-order valence-corrected chi connectivity index (χ4v) is 5.88. The maximum atomic E-state index is 13.0. The quantitative estimate of drug-likeness (QED) is 0.411. The average Bonchev–Trinajstić information content (AvgIpc) is 2.90. The lowest BCUT2D eigenvalue weighted by Crippen LogP contribution is -2.52. The third kappa shape index (κ3) is 5.46. The van der Waals surface area contributed by atoms with Crippen LogP contribution in [0.1, 0.15) is 41.6 Å². The molecule has 1 unspecified atom stereocenters. The second-order valence-electron chi connectivity index (χ2n) is 9.51. The Bertz CT molecular complexity index is 1350. The molecule has 2 saturated heterocycles. The van der Waals surface area contributed by atoms with Crippen molar-refractivity contribution in [2.45, 2.75) is 49.6 Å². The number of ether oxygens (including phenoxy) is 2. The van der Waals surface area contributed by atoms with Crippen LogP contribution in [0.25, 0.3) is 0 Å². The molecular formula is C26H29N3O8S. The molecule has 0 saturated carbocycles. The van der Waals surface area contributed by atoms with Gasteiger partial charge in [0.2, 0.25) is 11.8 Å². The molecule has 1 atom stereocenters. The second-order valence-corrected chi connectivity index (χ2v) is 11.1. The Kier molecular flexibility index (Phi) is 7.26. The lowest BCUT2D eigenvalue weighted by molar-refractivity contribution is -0.134. The molecule has 38 heavy (non-hydrogen) atoms. The molecule has 0 aromatic heterocycles. The second kappa shape index (κ2) is 10.6. The van der Waals surface area contributed by atoms with Crippen LogP contribution in [0.4, 0.5) is 5.69 Å². The van der Waals surface area contributed by atoms with E-state index in [4.69, 9.17) is 13.7 Å². The average molecular weight is 544 g/mol. The number of amides is 3. The Hall–Kier alpha value is -3.64. The molecule has 11 nitrogen and oxygen atoms in total. The summed E-state index contributed by atoms with van der Waals surface area (Å²) in [6, 6.07) is 9.13. The van der Waals surface area contributed by atoms with E-state index in [0.29, 0.717) is 44.0 Å². The van der Waals surface area contributed by atoms with E-state index in [9.17, 15) is 22.8 Å². The number of nitrogens with zero attached hydrogens (tertiary/aromatic N) is 1. The molecule has 2 N–H and O–H groups in total. The first-order valence-electron chi connectivity index (χ1n) is 12.5. The van der Waals surface area contributed by atoms with E-state index in [1.807, 2.05) is 11.8 Å². The number of benzene rings is 2. The maximum absolute atomic E-state index is 13.0. The molecule has 0 spiro atoms. The Labute approximate surface area is 220 Å². The van der Waals surface area contributed by atoms with Crippen LogP contribution in [-0.2, 0) is 23.9 Å². The van der Waals surface area contributed by atoms with Crippen molar-refractivity contribution in [1.29, 1.82) is 0 Å². The first-order valence-corrected chi connectivity index (χ1v) is 13.9. The van der Waals surface area contributed by atoms with Gasteiger partial charge in [-0.15, -0.1) is 0 Å². The molecule has 3 amide bonds. The molecule has 3 aliphatic heterocycles. The van der Waals surface area contributed by atoms with Crippen LogP contribution in [0.3, 0.4) is 0 Å². The predicted octanol–water partition coefficient (Wildman–Crippen LogP) is 1.68. The molecule has 0 aliphatic carbocycles. The zero-order valence-electron chi connectivity index (χ0n) is 20.9. The van der Waals surface area contributed by atoms with Gasteiger partial charge in [0.05, 0.1) is 22.3 Å². The molecule has 202 valence electrons. The van der Waals surface area contributed by atoms with Crippen LogP contribution in [0.5, 0.6) is 11.5 Å². The number of rotatable bonds is 6. The van der Waals surface area contributed by atoms with Gasteiger partial charge >= 0.3 is 0 Å². The maximum Gasteiger partial charge on any atom is 0.297 e. The van der Waals surface area contributed by atoms with Crippen LogP contribution in [0.15, 0.2) is 41.3 Å². The van der Waals surface area contributed by atoms with Gasteiger partial charge in [0, 0.05) is 19.5 Å². The highest BCUT2D eigenvalue weighted by Crippen LogP contribution is 2.43. The summed E-state index contributed by atoms with van der Waals surface area (Å²) in [7, 11) is -3.86. The van der Waals surface area contributed by atoms with E-state index >= 15 is 0 Å². The number of anilines is 1. The van der Waals surface area contributed by atoms with Crippen molar-refractivity contribution in [3.63, 3.8) is 0 Å². The van der Waals surface area contributed by atoms with E-state index in [2.05, 4.69) is 10.6 Å². The summed E-state index contributed by atoms with van der Waals surface area (Å²) < 4.78 is 42.6. The van der Waals surface area contributed by atoms with Gasteiger partial charge in [-0.05, 0) is 50.5 Å². The van der Waals surface area contributed by atoms with Crippen LogP contribution in [0.2, 0.25) is 0 Å². The van der Waals surface area contributed by atoms with Gasteiger partial charge in [-0.25, -0.2) is 0 Å². The van der Waals surface area contributed by atoms with Crippen molar-refractivity contribution in [3.05, 3.63) is 47.5 Å². The molecule has 0 bridgehead atoms. The van der Waals surface area contributed by atoms with Gasteiger partial charge in [-0.3, -0.25) is 23.9 Å². The van der Waals surface area contributed by atoms with E-state index in [1.165, 1.54) is 0 Å². The van der Waals surface area contributed by atoms with E-state index in [1.54, 1.807) is 36.4 Å². The van der Waals surface area contributed by atoms with Crippen LogP contribution in [0, 0.1) is 6.92 Å². The molecule has 5 rings (SSSR count). The SMILES string of the molecule is Cc1ccc(S(=O)(=O)OC2CCN(c3ccc(C(=O)NC4CCC(=O)NC4=O)c4c3OCCO4)CC2)cc1. The van der Waals surface area contributed by atoms with Crippen molar-refractivity contribution in [3.8, 4) is 11.5 Å². The fourth-order valence-electron chi connectivity index (χ4n) is 4.75. The summed E-state index contributed by atoms with van der Waals surface area (Å²) in [6.07, 6.45) is 0.894. The largest absolute Gasteiger partial charge is 0.485 e. The number of nitrogens with one attached hydrogen (secondary N) is 2. The van der Waals surface area contributed by atoms with Gasteiger partial charge in [-0.2, -0.15) is 8.42 Å². The Morgan fingerprint density at radius 3 is 2.37 bits per heavy atom. The van der Waals surface area contributed by atoms with Crippen molar-refractivity contribution >= 4 is 33.5 Å². The summed E-state index contributed by atoms with van der Waals surface area (Å²) in [5, 5.41) is 4.90. The van der Waals surface area contributed by atoms with Gasteiger partial charge in [0.15, 0.2) is 11.5 Å². The monoisotopic (exact) mass is 543 g/mol. The minimum atomic E-state index is -3.86. The zero-order valence-corrected chi connectivity index (χ0v) is 21.7. The van der Waals surface area contributed by atoms with Crippen LogP contribution >= 0.6 is 0 Å². The molecule has 2 aromatic rings. The smallest absolute Gasteiger partial charge is 0.297 e. The Morgan fingerprint density at radius 1 is 1.00 bits per heavy atom. The highest BCUT2D eigenvalue weighted by Gasteiger charge is 2.33. The van der Waals surface area contributed by atoms with Crippen LogP contribution in [-0.4, -0.2) is 64.6 Å². The van der Waals surface area contributed by atoms with Crippen molar-refractivity contribution < 1.29 is 36.5 Å². The number of carbonyl (C=O) groups excluding carboxylic acids is 3. The number of carbonyl (C=O) groups is 3. The number of piperidine rings is 2. The van der Waals surface area contributed by atoms with Crippen molar-refractivity contribution in [2.24, 2.45) is 0 Å². The normalized spacial score (nSPS) is 20.1. The van der Waals surface area contributed by atoms with E-state index < -0.39 is 34.1 Å². The number of hydrogen-bond acceptors (Lipinski definition) is 9. The number of fused-ring (bicyclic) bond motifs is 1. The first kappa shape index (κ1) is 26.0. The first-order chi connectivity index (χ1) is 18.2. The summed E-state index contributed by atoms with van der Waals surface area (Å²) in [5.74, 6) is -0.675. The topological polar surface area (TPSA) is 140 Å². The molecule has 12 heteroatoms. The molecule has 3 aliphatic rings. The fraction of sp³-hybridized carbons (Fsp3) is 0.423. The van der Waals surface area contributed by atoms with E-state index in [-0.39, 0.29) is 35.8 Å². The third-order valence-corrected chi connectivity index (χ3v) is 8.19. The lowest BCUT2D eigenvalue weighted by Gasteiger charge is -2.35. The third-order valence-electron chi connectivity index (χ3n) is 6.81. The lowest BCUT2D eigenvalue weighted by atomic mass is 10.0. The molecule has 3 heterocycles. The van der Waals surface area contributed by atoms with E-state index in [0.717, 1.165) is 11.3 Å². The summed E-state index contributed by atoms with van der Waals surface area (Å²) in [4.78, 5) is 38.7. The van der Waals surface area contributed by atoms with Gasteiger partial charge in [0.25, 0.3) is 16.0 Å². The highest BCUT2D eigenvalue weighted by molar-refractivity contribution is 7.86. The predicted molar refractivity (Wildman–Crippen MR) is 136 cm³/mol. The number of imide groups is 1. The summed E-state index contributed by atoms with van der Waals surface area (Å²) in [6.45, 7) is 3.50. The van der Waals surface area contributed by atoms with Gasteiger partial charge in [0.1, 0.15) is 19.3 Å². The van der Waals surface area contributed by atoms with Gasteiger partial charge < -0.3 is 19.7 Å². The Balaban J connectivity index is 1.27. The highest BCUT2D eigenvalue weighted by atomic mass is 32.2. The zero-order chi connectivity index (χ0) is 26.9. The van der Waals surface area contributed by atoms with Gasteiger partial charge in [-0.1, -0.05) is 17.7 Å². The number of hydrogen-bond donors (Lipinski definition) is 2. The molecule has 2 aromatic carbocycles. The molecule has 2 fully saturated rings. The minimum Gasteiger partial charge on any atom is -0.485 e. The Morgan fingerprint density at radius 2 is 1.68 bits per heavy atom. The molecule has 0 radical (unpaired) electrons. The summed E-state index contributed by atoms with van der Waals surface area (Å²) >= 11 is 0. The van der Waals surface area contributed by atoms with Crippen molar-refractivity contribution in [1.82, 2.24) is 10.6 Å². The van der Waals surface area contributed by atoms with Crippen LogP contribution < -0.4 is 25.0 Å².